The van der Waals surface area contributed by atoms with Gasteiger partial charge in [-0.25, -0.2) is 4.98 Å². The van der Waals surface area contributed by atoms with Crippen molar-refractivity contribution in [1.29, 1.82) is 0 Å². The predicted octanol–water partition coefficient (Wildman–Crippen LogP) is 1.60. The van der Waals surface area contributed by atoms with Crippen LogP contribution >= 0.6 is 11.6 Å². The molecule has 0 aliphatic rings. The summed E-state index contributed by atoms with van der Waals surface area (Å²) in [7, 11) is 1.68. The first kappa shape index (κ1) is 15.2. The molecule has 7 nitrogen and oxygen atoms in total. The van der Waals surface area contributed by atoms with Crippen molar-refractivity contribution in [3.63, 3.8) is 0 Å². The number of aromatic amines is 1. The van der Waals surface area contributed by atoms with Crippen molar-refractivity contribution < 1.29 is 9.53 Å². The maximum Gasteiger partial charge on any atom is 0.310 e. The quantitative estimate of drug-likeness (QED) is 0.733. The molecule has 3 aromatic rings. The fourth-order valence-electron chi connectivity index (χ4n) is 2.14. The Morgan fingerprint density at radius 3 is 2.96 bits per heavy atom. The van der Waals surface area contributed by atoms with Gasteiger partial charge >= 0.3 is 5.97 Å². The number of carbonyl (C=O) groups is 1. The molecule has 0 saturated heterocycles. The lowest BCUT2D eigenvalue weighted by Crippen LogP contribution is -2.15. The highest BCUT2D eigenvalue weighted by Crippen LogP contribution is 2.16. The number of esters is 1. The SMILES string of the molecule is Cn1ncc2c(=O)[nH]c(COC(=O)Cc3ccccc3Cl)nc21. The fourth-order valence-corrected chi connectivity index (χ4v) is 2.35. The van der Waals surface area contributed by atoms with Crippen molar-refractivity contribution in [2.75, 3.05) is 0 Å². The molecule has 0 bridgehead atoms. The molecule has 8 heteroatoms. The largest absolute Gasteiger partial charge is 0.457 e. The minimum Gasteiger partial charge on any atom is -0.457 e. The van der Waals surface area contributed by atoms with E-state index in [0.29, 0.717) is 21.6 Å². The summed E-state index contributed by atoms with van der Waals surface area (Å²) >= 11 is 6.00. The molecular weight excluding hydrogens is 320 g/mol. The monoisotopic (exact) mass is 332 g/mol. The minimum absolute atomic E-state index is 0.0534. The van der Waals surface area contributed by atoms with E-state index < -0.39 is 5.97 Å². The van der Waals surface area contributed by atoms with Crippen molar-refractivity contribution in [2.24, 2.45) is 7.05 Å². The zero-order valence-corrected chi connectivity index (χ0v) is 13.0. The molecule has 3 rings (SSSR count). The van der Waals surface area contributed by atoms with Gasteiger partial charge in [-0.15, -0.1) is 0 Å². The molecule has 1 aromatic carbocycles. The molecule has 1 N–H and O–H groups in total. The van der Waals surface area contributed by atoms with Crippen LogP contribution in [0.3, 0.4) is 0 Å². The van der Waals surface area contributed by atoms with Gasteiger partial charge in [-0.2, -0.15) is 5.10 Å². The third kappa shape index (κ3) is 3.24. The van der Waals surface area contributed by atoms with Gasteiger partial charge in [0.15, 0.2) is 5.65 Å². The highest BCUT2D eigenvalue weighted by Gasteiger charge is 2.11. The molecule has 0 aliphatic carbocycles. The minimum atomic E-state index is -0.453. The van der Waals surface area contributed by atoms with E-state index in [0.717, 1.165) is 0 Å². The summed E-state index contributed by atoms with van der Waals surface area (Å²) < 4.78 is 6.63. The Morgan fingerprint density at radius 1 is 1.39 bits per heavy atom. The Bertz CT molecular complexity index is 932. The summed E-state index contributed by atoms with van der Waals surface area (Å²) in [5, 5.41) is 4.86. The number of nitrogens with zero attached hydrogens (tertiary/aromatic N) is 3. The lowest BCUT2D eigenvalue weighted by atomic mass is 10.1. The van der Waals surface area contributed by atoms with Crippen molar-refractivity contribution in [1.82, 2.24) is 19.7 Å². The molecule has 0 amide bonds. The van der Waals surface area contributed by atoms with Crippen LogP contribution in [-0.2, 0) is 29.6 Å². The number of nitrogens with one attached hydrogen (secondary N) is 1. The fraction of sp³-hybridized carbons (Fsp3) is 0.200. The Morgan fingerprint density at radius 2 is 2.17 bits per heavy atom. The van der Waals surface area contributed by atoms with Crippen LogP contribution in [0.5, 0.6) is 0 Å². The Labute approximate surface area is 135 Å². The molecule has 0 radical (unpaired) electrons. The van der Waals surface area contributed by atoms with Gasteiger partial charge in [-0.1, -0.05) is 29.8 Å². The van der Waals surface area contributed by atoms with Crippen LogP contribution < -0.4 is 5.56 Å². The predicted molar refractivity (Wildman–Crippen MR) is 84.1 cm³/mol. The molecular formula is C15H13ClN4O3. The van der Waals surface area contributed by atoms with Crippen molar-refractivity contribution in [3.8, 4) is 0 Å². The number of halogens is 1. The van der Waals surface area contributed by atoms with E-state index in [4.69, 9.17) is 16.3 Å². The van der Waals surface area contributed by atoms with Crippen molar-refractivity contribution in [3.05, 3.63) is 57.2 Å². The number of ether oxygens (including phenoxy) is 1. The van der Waals surface area contributed by atoms with E-state index in [1.54, 1.807) is 31.3 Å². The molecule has 118 valence electrons. The maximum absolute atomic E-state index is 11.9. The van der Waals surface area contributed by atoms with E-state index in [-0.39, 0.29) is 24.4 Å². The number of rotatable bonds is 4. The highest BCUT2D eigenvalue weighted by atomic mass is 35.5. The summed E-state index contributed by atoms with van der Waals surface area (Å²) in [5.74, 6) is -0.190. The number of hydrogen-bond donors (Lipinski definition) is 1. The number of benzene rings is 1. The summed E-state index contributed by atoms with van der Waals surface area (Å²) in [5.41, 5.74) is 0.800. The average Bonchev–Trinajstić information content (AvgIpc) is 2.90. The summed E-state index contributed by atoms with van der Waals surface area (Å²) in [6.07, 6.45) is 1.49. The lowest BCUT2D eigenvalue weighted by Gasteiger charge is -2.06. The number of aromatic nitrogens is 4. The van der Waals surface area contributed by atoms with Crippen LogP contribution in [-0.4, -0.2) is 25.7 Å². The van der Waals surface area contributed by atoms with Gasteiger partial charge in [-0.3, -0.25) is 14.3 Å². The molecule has 0 spiro atoms. The van der Waals surface area contributed by atoms with Crippen LogP contribution in [0.4, 0.5) is 0 Å². The smallest absolute Gasteiger partial charge is 0.310 e. The first-order chi connectivity index (χ1) is 11.0. The molecule has 0 unspecified atom stereocenters. The third-order valence-corrected chi connectivity index (χ3v) is 3.68. The van der Waals surface area contributed by atoms with Crippen LogP contribution in [0, 0.1) is 0 Å². The van der Waals surface area contributed by atoms with E-state index in [2.05, 4.69) is 15.1 Å². The summed E-state index contributed by atoms with van der Waals surface area (Å²) in [6, 6.07) is 7.05. The van der Waals surface area contributed by atoms with Crippen molar-refractivity contribution in [2.45, 2.75) is 13.0 Å². The molecule has 2 heterocycles. The number of carbonyl (C=O) groups excluding carboxylic acids is 1. The van der Waals surface area contributed by atoms with Gasteiger partial charge < -0.3 is 9.72 Å². The lowest BCUT2D eigenvalue weighted by molar-refractivity contribution is -0.144. The van der Waals surface area contributed by atoms with E-state index in [1.165, 1.54) is 10.9 Å². The maximum atomic E-state index is 11.9. The molecule has 0 atom stereocenters. The van der Waals surface area contributed by atoms with Crippen molar-refractivity contribution >= 4 is 28.6 Å². The summed E-state index contributed by atoms with van der Waals surface area (Å²) in [6.45, 7) is -0.125. The van der Waals surface area contributed by atoms with E-state index >= 15 is 0 Å². The molecule has 0 saturated carbocycles. The van der Waals surface area contributed by atoms with E-state index in [9.17, 15) is 9.59 Å². The van der Waals surface area contributed by atoms with Crippen LogP contribution in [0.1, 0.15) is 11.4 Å². The topological polar surface area (TPSA) is 89.9 Å². The number of fused-ring (bicyclic) bond motifs is 1. The van der Waals surface area contributed by atoms with Gasteiger partial charge in [0, 0.05) is 12.1 Å². The Kier molecular flexibility index (Phi) is 4.12. The van der Waals surface area contributed by atoms with Crippen LogP contribution in [0.15, 0.2) is 35.3 Å². The molecule has 0 aliphatic heterocycles. The number of hydrogen-bond acceptors (Lipinski definition) is 5. The second-order valence-electron chi connectivity index (χ2n) is 4.95. The number of H-pyrrole nitrogens is 1. The standard InChI is InChI=1S/C15H13ClN4O3/c1-20-14-10(7-17-20)15(22)19-12(18-14)8-23-13(21)6-9-4-2-3-5-11(9)16/h2-5,7H,6,8H2,1H3,(H,18,19,22). The van der Waals surface area contributed by atoms with Gasteiger partial charge in [0.2, 0.25) is 0 Å². The first-order valence-corrected chi connectivity index (χ1v) is 7.22. The zero-order chi connectivity index (χ0) is 16.4. The van der Waals surface area contributed by atoms with E-state index in [1.807, 2.05) is 0 Å². The third-order valence-electron chi connectivity index (χ3n) is 3.31. The van der Waals surface area contributed by atoms with Gasteiger partial charge in [0.1, 0.15) is 17.8 Å². The molecule has 0 fully saturated rings. The second-order valence-corrected chi connectivity index (χ2v) is 5.35. The van der Waals surface area contributed by atoms with Gasteiger partial charge in [-0.05, 0) is 11.6 Å². The van der Waals surface area contributed by atoms with Gasteiger partial charge in [0.25, 0.3) is 5.56 Å². The van der Waals surface area contributed by atoms with Crippen LogP contribution in [0.25, 0.3) is 11.0 Å². The number of aryl methyl sites for hydroxylation is 1. The highest BCUT2D eigenvalue weighted by molar-refractivity contribution is 6.31. The zero-order valence-electron chi connectivity index (χ0n) is 12.2. The van der Waals surface area contributed by atoms with Gasteiger partial charge in [0.05, 0.1) is 12.6 Å². The first-order valence-electron chi connectivity index (χ1n) is 6.84. The molecule has 2 aromatic heterocycles. The Hall–Kier alpha value is -2.67. The Balaban J connectivity index is 1.71. The van der Waals surface area contributed by atoms with Crippen LogP contribution in [0.2, 0.25) is 5.02 Å². The summed E-state index contributed by atoms with van der Waals surface area (Å²) in [4.78, 5) is 30.6. The molecule has 23 heavy (non-hydrogen) atoms. The normalized spacial score (nSPS) is 10.9. The second kappa shape index (κ2) is 6.21. The average molecular weight is 333 g/mol.